The number of hydrogen-bond donors (Lipinski definition) is 1. The maximum atomic E-state index is 12.0. The third-order valence-corrected chi connectivity index (χ3v) is 6.85. The van der Waals surface area contributed by atoms with Gasteiger partial charge < -0.3 is 4.74 Å². The lowest BCUT2D eigenvalue weighted by molar-refractivity contribution is -0.142. The number of hydrogen-bond acceptors (Lipinski definition) is 5. The largest absolute Gasteiger partial charge is 0.466 e. The lowest BCUT2D eigenvalue weighted by Crippen LogP contribution is -2.27. The van der Waals surface area contributed by atoms with Gasteiger partial charge in [-0.05, 0) is 22.9 Å². The van der Waals surface area contributed by atoms with Crippen molar-refractivity contribution in [3.8, 4) is 0 Å². The number of halogens is 3. The van der Waals surface area contributed by atoms with Gasteiger partial charge in [0.05, 0.1) is 17.5 Å². The summed E-state index contributed by atoms with van der Waals surface area (Å²) in [6.45, 7) is 1.85. The van der Waals surface area contributed by atoms with Gasteiger partial charge in [0.2, 0.25) is 10.0 Å². The summed E-state index contributed by atoms with van der Waals surface area (Å²) >= 11 is 15.6. The van der Waals surface area contributed by atoms with Crippen LogP contribution in [0.2, 0.25) is 8.67 Å². The first-order chi connectivity index (χ1) is 8.79. The highest BCUT2D eigenvalue weighted by Gasteiger charge is 2.26. The number of carbonyl (C=O) groups excluding carboxylic acids is 1. The first-order valence-electron chi connectivity index (χ1n) is 5.08. The molecular weight excluding hydrogens is 401 g/mol. The zero-order valence-electron chi connectivity index (χ0n) is 9.70. The van der Waals surface area contributed by atoms with E-state index in [1.54, 1.807) is 6.92 Å². The van der Waals surface area contributed by atoms with Crippen LogP contribution in [0.15, 0.2) is 9.37 Å². The highest BCUT2D eigenvalue weighted by molar-refractivity contribution is 9.10. The third kappa shape index (κ3) is 4.57. The van der Waals surface area contributed by atoms with E-state index in [1.807, 2.05) is 0 Å². The Kier molecular flexibility index (Phi) is 6.55. The van der Waals surface area contributed by atoms with E-state index in [2.05, 4.69) is 25.4 Å². The summed E-state index contributed by atoms with van der Waals surface area (Å²) in [6, 6.07) is 0. The number of carbonyl (C=O) groups is 1. The average Bonchev–Trinajstić information content (AvgIpc) is 2.53. The second kappa shape index (κ2) is 7.24. The van der Waals surface area contributed by atoms with Crippen LogP contribution in [0.25, 0.3) is 0 Å². The summed E-state index contributed by atoms with van der Waals surface area (Å²) in [5, 5.41) is 0. The van der Waals surface area contributed by atoms with Crippen molar-refractivity contribution in [2.75, 3.05) is 13.2 Å². The van der Waals surface area contributed by atoms with Crippen LogP contribution >= 0.6 is 50.5 Å². The van der Waals surface area contributed by atoms with E-state index < -0.39 is 16.0 Å². The molecule has 0 saturated heterocycles. The summed E-state index contributed by atoms with van der Waals surface area (Å²) in [5.74, 6) is -0.473. The monoisotopic (exact) mass is 409 g/mol. The second-order valence-corrected chi connectivity index (χ2v) is 7.97. The lowest BCUT2D eigenvalue weighted by atomic mass is 10.4. The molecule has 0 aliphatic rings. The highest BCUT2D eigenvalue weighted by atomic mass is 79.9. The van der Waals surface area contributed by atoms with Crippen LogP contribution in [-0.4, -0.2) is 27.5 Å². The van der Waals surface area contributed by atoms with Crippen LogP contribution < -0.4 is 4.72 Å². The molecule has 108 valence electrons. The molecule has 0 radical (unpaired) electrons. The Balaban J connectivity index is 2.74. The second-order valence-electron chi connectivity index (χ2n) is 3.25. The van der Waals surface area contributed by atoms with Gasteiger partial charge in [-0.25, -0.2) is 13.1 Å². The molecule has 0 aromatic carbocycles. The number of nitrogens with one attached hydrogen (secondary N) is 1. The van der Waals surface area contributed by atoms with Gasteiger partial charge >= 0.3 is 5.97 Å². The molecule has 0 bridgehead atoms. The van der Waals surface area contributed by atoms with Crippen molar-refractivity contribution in [3.63, 3.8) is 0 Å². The summed E-state index contributed by atoms with van der Waals surface area (Å²) in [5.41, 5.74) is 0. The molecule has 10 heteroatoms. The maximum absolute atomic E-state index is 12.0. The van der Waals surface area contributed by atoms with Crippen LogP contribution in [-0.2, 0) is 19.6 Å². The summed E-state index contributed by atoms with van der Waals surface area (Å²) in [6.07, 6.45) is -0.0554. The molecule has 0 amide bonds. The van der Waals surface area contributed by atoms with Gasteiger partial charge in [0.15, 0.2) is 0 Å². The van der Waals surface area contributed by atoms with Gasteiger partial charge in [-0.1, -0.05) is 23.2 Å². The van der Waals surface area contributed by atoms with E-state index in [0.29, 0.717) is 0 Å². The van der Waals surface area contributed by atoms with Gasteiger partial charge in [-0.3, -0.25) is 4.79 Å². The van der Waals surface area contributed by atoms with Gasteiger partial charge in [0.25, 0.3) is 0 Å². The van der Waals surface area contributed by atoms with E-state index in [0.717, 1.165) is 11.3 Å². The fraction of sp³-hybridized carbons (Fsp3) is 0.444. The van der Waals surface area contributed by atoms with Crippen molar-refractivity contribution in [1.82, 2.24) is 4.72 Å². The van der Waals surface area contributed by atoms with Crippen molar-refractivity contribution in [2.24, 2.45) is 0 Å². The summed E-state index contributed by atoms with van der Waals surface area (Å²) in [7, 11) is -3.82. The molecule has 0 atom stereocenters. The van der Waals surface area contributed by atoms with Crippen LogP contribution in [0.5, 0.6) is 0 Å². The van der Waals surface area contributed by atoms with Gasteiger partial charge in [-0.15, -0.1) is 11.3 Å². The minimum absolute atomic E-state index is 0.0554. The Morgan fingerprint density at radius 2 is 2.05 bits per heavy atom. The topological polar surface area (TPSA) is 72.5 Å². The fourth-order valence-corrected chi connectivity index (χ4v) is 5.75. The molecule has 0 spiro atoms. The number of ether oxygens (including phenoxy) is 1. The number of sulfonamides is 1. The van der Waals surface area contributed by atoms with Crippen LogP contribution in [0, 0.1) is 0 Å². The predicted octanol–water partition coefficient (Wildman–Crippen LogP) is 3.05. The molecule has 0 aliphatic heterocycles. The molecule has 19 heavy (non-hydrogen) atoms. The van der Waals surface area contributed by atoms with E-state index in [9.17, 15) is 13.2 Å². The Bertz CT molecular complexity index is 573. The van der Waals surface area contributed by atoms with Crippen molar-refractivity contribution in [1.29, 1.82) is 0 Å². The molecule has 0 unspecified atom stereocenters. The molecule has 1 N–H and O–H groups in total. The van der Waals surface area contributed by atoms with E-state index in [1.165, 1.54) is 0 Å². The normalized spacial score (nSPS) is 11.6. The summed E-state index contributed by atoms with van der Waals surface area (Å²) in [4.78, 5) is 11.0. The molecule has 1 aromatic rings. The van der Waals surface area contributed by atoms with Crippen molar-refractivity contribution >= 4 is 66.5 Å². The summed E-state index contributed by atoms with van der Waals surface area (Å²) < 4.78 is 31.5. The smallest absolute Gasteiger partial charge is 0.307 e. The SMILES string of the molecule is CCOC(=O)CCNS(=O)(=O)c1c(Cl)sc(Cl)c1Br. The quantitative estimate of drug-likeness (QED) is 0.731. The van der Waals surface area contributed by atoms with Crippen LogP contribution in [0.4, 0.5) is 0 Å². The molecule has 0 fully saturated rings. The van der Waals surface area contributed by atoms with Crippen LogP contribution in [0.1, 0.15) is 13.3 Å². The number of rotatable bonds is 6. The predicted molar refractivity (Wildman–Crippen MR) is 78.5 cm³/mol. The molecular formula is C9H10BrCl2NO4S2. The first kappa shape index (κ1) is 17.2. The maximum Gasteiger partial charge on any atom is 0.307 e. The molecule has 1 rings (SSSR count). The Labute approximate surface area is 133 Å². The van der Waals surface area contributed by atoms with E-state index >= 15 is 0 Å². The zero-order chi connectivity index (χ0) is 14.6. The lowest BCUT2D eigenvalue weighted by Gasteiger charge is -2.06. The van der Waals surface area contributed by atoms with Crippen molar-refractivity contribution in [3.05, 3.63) is 13.1 Å². The molecule has 0 aliphatic carbocycles. The zero-order valence-corrected chi connectivity index (χ0v) is 14.4. The van der Waals surface area contributed by atoms with Crippen molar-refractivity contribution < 1.29 is 17.9 Å². The molecule has 0 saturated carbocycles. The van der Waals surface area contributed by atoms with Gasteiger partial charge in [0.1, 0.15) is 13.6 Å². The van der Waals surface area contributed by atoms with E-state index in [4.69, 9.17) is 23.2 Å². The Hall–Kier alpha value is 0.140. The fourth-order valence-electron chi connectivity index (χ4n) is 1.16. The van der Waals surface area contributed by atoms with Crippen LogP contribution in [0.3, 0.4) is 0 Å². The standard InChI is InChI=1S/C9H10BrCl2NO4S2/c1-2-17-5(14)3-4-13-19(15,16)7-6(10)8(11)18-9(7)12/h13H,2-4H2,1H3. The van der Waals surface area contributed by atoms with E-state index in [-0.39, 0.29) is 37.6 Å². The first-order valence-corrected chi connectivity index (χ1v) is 8.93. The third-order valence-electron chi connectivity index (χ3n) is 1.92. The minimum atomic E-state index is -3.82. The Morgan fingerprint density at radius 1 is 1.42 bits per heavy atom. The highest BCUT2D eigenvalue weighted by Crippen LogP contribution is 2.42. The number of esters is 1. The van der Waals surface area contributed by atoms with Crippen molar-refractivity contribution in [2.45, 2.75) is 18.2 Å². The minimum Gasteiger partial charge on any atom is -0.466 e. The molecule has 5 nitrogen and oxygen atoms in total. The number of thiophene rings is 1. The Morgan fingerprint density at radius 3 is 2.53 bits per heavy atom. The average molecular weight is 411 g/mol. The molecule has 1 heterocycles. The molecule has 1 aromatic heterocycles. The van der Waals surface area contributed by atoms with Gasteiger partial charge in [-0.2, -0.15) is 0 Å². The van der Waals surface area contributed by atoms with Gasteiger partial charge in [0, 0.05) is 6.54 Å².